The molecule has 5 heteroatoms. The average Bonchev–Trinajstić information content (AvgIpc) is 2.54. The molecule has 2 rings (SSSR count). The maximum Gasteiger partial charge on any atom is 0.416 e. The fourth-order valence-electron chi connectivity index (χ4n) is 2.05. The van der Waals surface area contributed by atoms with Crippen molar-refractivity contribution in [2.75, 3.05) is 11.9 Å². The van der Waals surface area contributed by atoms with Gasteiger partial charge in [0.05, 0.1) is 12.2 Å². The van der Waals surface area contributed by atoms with Crippen LogP contribution >= 0.6 is 0 Å². The van der Waals surface area contributed by atoms with E-state index >= 15 is 0 Å². The number of unbranched alkanes of at least 4 members (excludes halogenated alkanes) is 1. The van der Waals surface area contributed by atoms with Crippen molar-refractivity contribution in [3.8, 4) is 5.75 Å². The van der Waals surface area contributed by atoms with Gasteiger partial charge < -0.3 is 10.1 Å². The highest BCUT2D eigenvalue weighted by molar-refractivity contribution is 5.47. The van der Waals surface area contributed by atoms with E-state index < -0.39 is 11.7 Å². The third kappa shape index (κ3) is 5.51. The van der Waals surface area contributed by atoms with Gasteiger partial charge in [-0.15, -0.1) is 0 Å². The van der Waals surface area contributed by atoms with E-state index in [4.69, 9.17) is 4.74 Å². The first-order chi connectivity index (χ1) is 11.0. The number of benzene rings is 2. The van der Waals surface area contributed by atoms with Gasteiger partial charge in [-0.3, -0.25) is 0 Å². The Labute approximate surface area is 134 Å². The average molecular weight is 323 g/mol. The lowest BCUT2D eigenvalue weighted by atomic mass is 10.1. The van der Waals surface area contributed by atoms with Crippen LogP contribution in [0.3, 0.4) is 0 Å². The largest absolute Gasteiger partial charge is 0.494 e. The molecule has 0 amide bonds. The van der Waals surface area contributed by atoms with E-state index in [1.165, 1.54) is 6.07 Å². The molecule has 0 spiro atoms. The molecule has 0 aliphatic heterocycles. The summed E-state index contributed by atoms with van der Waals surface area (Å²) < 4.78 is 43.6. The number of anilines is 1. The summed E-state index contributed by atoms with van der Waals surface area (Å²) in [7, 11) is 0. The van der Waals surface area contributed by atoms with E-state index in [1.807, 2.05) is 24.3 Å². The summed E-state index contributed by atoms with van der Waals surface area (Å²) in [5.74, 6) is 0.807. The summed E-state index contributed by atoms with van der Waals surface area (Å²) in [4.78, 5) is 0. The highest BCUT2D eigenvalue weighted by Crippen LogP contribution is 2.30. The highest BCUT2D eigenvalue weighted by atomic mass is 19.4. The Morgan fingerprint density at radius 1 is 1.04 bits per heavy atom. The van der Waals surface area contributed by atoms with Crippen molar-refractivity contribution >= 4 is 5.69 Å². The molecule has 23 heavy (non-hydrogen) atoms. The molecule has 0 saturated heterocycles. The smallest absolute Gasteiger partial charge is 0.416 e. The van der Waals surface area contributed by atoms with Gasteiger partial charge >= 0.3 is 6.18 Å². The molecule has 0 heterocycles. The lowest BCUT2D eigenvalue weighted by molar-refractivity contribution is -0.137. The summed E-state index contributed by atoms with van der Waals surface area (Å²) >= 11 is 0. The Hall–Kier alpha value is -2.17. The summed E-state index contributed by atoms with van der Waals surface area (Å²) in [6.45, 7) is 3.25. The number of nitrogens with one attached hydrogen (secondary N) is 1. The van der Waals surface area contributed by atoms with Gasteiger partial charge in [-0.05, 0) is 42.3 Å². The second kappa shape index (κ2) is 7.90. The van der Waals surface area contributed by atoms with Crippen LogP contribution in [0.2, 0.25) is 0 Å². The first-order valence-electron chi connectivity index (χ1n) is 7.62. The lowest BCUT2D eigenvalue weighted by Gasteiger charge is -2.11. The van der Waals surface area contributed by atoms with Gasteiger partial charge in [0.1, 0.15) is 5.75 Å². The third-order valence-corrected chi connectivity index (χ3v) is 3.38. The summed E-state index contributed by atoms with van der Waals surface area (Å²) in [6, 6.07) is 12.8. The van der Waals surface area contributed by atoms with Crippen LogP contribution < -0.4 is 10.1 Å². The van der Waals surface area contributed by atoms with Gasteiger partial charge in [-0.2, -0.15) is 13.2 Å². The van der Waals surface area contributed by atoms with E-state index in [-0.39, 0.29) is 0 Å². The van der Waals surface area contributed by atoms with E-state index in [0.717, 1.165) is 36.3 Å². The second-order valence-electron chi connectivity index (χ2n) is 5.28. The number of alkyl halides is 3. The molecular formula is C18H20F3NO. The van der Waals surface area contributed by atoms with Crippen molar-refractivity contribution in [3.63, 3.8) is 0 Å². The molecule has 0 aromatic heterocycles. The van der Waals surface area contributed by atoms with Gasteiger partial charge in [-0.25, -0.2) is 0 Å². The van der Waals surface area contributed by atoms with E-state index in [0.29, 0.717) is 18.8 Å². The van der Waals surface area contributed by atoms with Gasteiger partial charge in [0.15, 0.2) is 0 Å². The van der Waals surface area contributed by atoms with Crippen molar-refractivity contribution in [2.45, 2.75) is 32.5 Å². The third-order valence-electron chi connectivity index (χ3n) is 3.38. The molecule has 2 aromatic carbocycles. The summed E-state index contributed by atoms with van der Waals surface area (Å²) in [5, 5.41) is 3.00. The molecule has 0 unspecified atom stereocenters. The zero-order valence-electron chi connectivity index (χ0n) is 13.0. The maximum atomic E-state index is 12.7. The summed E-state index contributed by atoms with van der Waals surface area (Å²) in [5.41, 5.74) is 0.774. The standard InChI is InChI=1S/C18H20F3NO/c1-2-3-11-23-17-9-7-14(8-10-17)13-22-16-6-4-5-15(12-16)18(19,20)21/h4-10,12,22H,2-3,11,13H2,1H3. The van der Waals surface area contributed by atoms with Crippen LogP contribution in [0.5, 0.6) is 5.75 Å². The minimum Gasteiger partial charge on any atom is -0.494 e. The van der Waals surface area contributed by atoms with Gasteiger partial charge in [0.25, 0.3) is 0 Å². The topological polar surface area (TPSA) is 21.3 Å². The highest BCUT2D eigenvalue weighted by Gasteiger charge is 2.30. The monoisotopic (exact) mass is 323 g/mol. The molecule has 0 aliphatic rings. The fraction of sp³-hybridized carbons (Fsp3) is 0.333. The first kappa shape index (κ1) is 17.2. The Morgan fingerprint density at radius 3 is 2.43 bits per heavy atom. The Balaban J connectivity index is 1.91. The van der Waals surface area contributed by atoms with Gasteiger partial charge in [-0.1, -0.05) is 31.5 Å². The Bertz CT molecular complexity index is 608. The second-order valence-corrected chi connectivity index (χ2v) is 5.28. The van der Waals surface area contributed by atoms with Crippen LogP contribution in [-0.2, 0) is 12.7 Å². The minimum absolute atomic E-state index is 0.447. The predicted molar refractivity (Wildman–Crippen MR) is 85.6 cm³/mol. The summed E-state index contributed by atoms with van der Waals surface area (Å²) in [6.07, 6.45) is -2.23. The minimum atomic E-state index is -4.32. The van der Waals surface area contributed by atoms with Crippen LogP contribution in [-0.4, -0.2) is 6.61 Å². The van der Waals surface area contributed by atoms with Crippen molar-refractivity contribution in [3.05, 3.63) is 59.7 Å². The predicted octanol–water partition coefficient (Wildman–Crippen LogP) is 5.50. The molecular weight excluding hydrogens is 303 g/mol. The number of hydrogen-bond acceptors (Lipinski definition) is 2. The number of ether oxygens (including phenoxy) is 1. The molecule has 0 atom stereocenters. The van der Waals surface area contributed by atoms with Gasteiger partial charge in [0.2, 0.25) is 0 Å². The molecule has 0 fully saturated rings. The van der Waals surface area contributed by atoms with Crippen LogP contribution in [0.4, 0.5) is 18.9 Å². The van der Waals surface area contributed by atoms with Crippen LogP contribution in [0.1, 0.15) is 30.9 Å². The molecule has 2 aromatic rings. The molecule has 0 aliphatic carbocycles. The molecule has 0 bridgehead atoms. The molecule has 2 nitrogen and oxygen atoms in total. The number of hydrogen-bond donors (Lipinski definition) is 1. The normalized spacial score (nSPS) is 11.3. The molecule has 124 valence electrons. The van der Waals surface area contributed by atoms with Crippen LogP contribution in [0.25, 0.3) is 0 Å². The van der Waals surface area contributed by atoms with E-state index in [2.05, 4.69) is 12.2 Å². The molecule has 0 saturated carbocycles. The van der Waals surface area contributed by atoms with Crippen LogP contribution in [0, 0.1) is 0 Å². The zero-order valence-corrected chi connectivity index (χ0v) is 13.0. The Morgan fingerprint density at radius 2 is 1.78 bits per heavy atom. The van der Waals surface area contributed by atoms with Crippen molar-refractivity contribution < 1.29 is 17.9 Å². The van der Waals surface area contributed by atoms with Crippen molar-refractivity contribution in [2.24, 2.45) is 0 Å². The lowest BCUT2D eigenvalue weighted by Crippen LogP contribution is -2.06. The number of rotatable bonds is 7. The molecule has 0 radical (unpaired) electrons. The number of halogens is 3. The van der Waals surface area contributed by atoms with Gasteiger partial charge in [0, 0.05) is 12.2 Å². The van der Waals surface area contributed by atoms with Crippen molar-refractivity contribution in [1.29, 1.82) is 0 Å². The van der Waals surface area contributed by atoms with E-state index in [9.17, 15) is 13.2 Å². The van der Waals surface area contributed by atoms with Crippen LogP contribution in [0.15, 0.2) is 48.5 Å². The fourth-order valence-corrected chi connectivity index (χ4v) is 2.05. The maximum absolute atomic E-state index is 12.7. The Kier molecular flexibility index (Phi) is 5.90. The quantitative estimate of drug-likeness (QED) is 0.680. The zero-order chi connectivity index (χ0) is 16.7. The van der Waals surface area contributed by atoms with E-state index in [1.54, 1.807) is 6.07 Å². The SMILES string of the molecule is CCCCOc1ccc(CNc2cccc(C(F)(F)F)c2)cc1. The first-order valence-corrected chi connectivity index (χ1v) is 7.62. The van der Waals surface area contributed by atoms with Crippen molar-refractivity contribution in [1.82, 2.24) is 0 Å². The molecule has 1 N–H and O–H groups in total.